The van der Waals surface area contributed by atoms with Crippen molar-refractivity contribution in [3.63, 3.8) is 0 Å². The van der Waals surface area contributed by atoms with Crippen LogP contribution in [0.2, 0.25) is 0 Å². The zero-order valence-electron chi connectivity index (χ0n) is 46.9. The molecule has 9 nitrogen and oxygen atoms in total. The molecule has 0 aromatic heterocycles. The fourth-order valence-electron chi connectivity index (χ4n) is 8.24. The first-order valence-electron chi connectivity index (χ1n) is 29.5. The third-order valence-electron chi connectivity index (χ3n) is 12.8. The zero-order valence-corrected chi connectivity index (χ0v) is 46.9. The van der Waals surface area contributed by atoms with Crippen LogP contribution in [-0.4, -0.2) is 87.4 Å². The fourth-order valence-corrected chi connectivity index (χ4v) is 8.24. The number of ether oxygens (including phenoxy) is 4. The first-order chi connectivity index (χ1) is 34.6. The number of likely N-dealkylation sites (N-methyl/N-ethyl adjacent to an activating group) is 1. The summed E-state index contributed by atoms with van der Waals surface area (Å²) in [5, 5.41) is 9.69. The van der Waals surface area contributed by atoms with E-state index in [2.05, 4.69) is 74.6 Å². The van der Waals surface area contributed by atoms with Crippen LogP contribution < -0.4 is 0 Å². The van der Waals surface area contributed by atoms with Gasteiger partial charge in [-0.15, -0.1) is 0 Å². The molecule has 0 amide bonds. The Hall–Kier alpha value is -3.01. The Labute approximate surface area is 437 Å². The lowest BCUT2D eigenvalue weighted by Gasteiger charge is -2.25. The van der Waals surface area contributed by atoms with Crippen molar-refractivity contribution in [2.75, 3.05) is 47.5 Å². The van der Waals surface area contributed by atoms with Crippen LogP contribution in [0.15, 0.2) is 60.8 Å². The van der Waals surface area contributed by atoms with E-state index in [1.807, 2.05) is 21.1 Å². The fraction of sp³-hybridized carbons (Fsp3) is 0.790. The number of hydrogen-bond donors (Lipinski definition) is 1. The molecular formula is C62H112NO8+. The molecule has 0 aromatic rings. The van der Waals surface area contributed by atoms with Crippen LogP contribution >= 0.6 is 0 Å². The highest BCUT2D eigenvalue weighted by Gasteiger charge is 2.25. The number of unbranched alkanes of at least 4 members (excludes halogenated alkanes) is 29. The second-order valence-corrected chi connectivity index (χ2v) is 20.9. The minimum Gasteiger partial charge on any atom is -0.477 e. The van der Waals surface area contributed by atoms with E-state index < -0.39 is 24.3 Å². The van der Waals surface area contributed by atoms with Crippen LogP contribution in [-0.2, 0) is 33.3 Å². The van der Waals surface area contributed by atoms with E-state index in [0.717, 1.165) is 83.5 Å². The van der Waals surface area contributed by atoms with Crippen molar-refractivity contribution < 1.29 is 42.9 Å². The normalized spacial score (nSPS) is 13.2. The van der Waals surface area contributed by atoms with E-state index in [9.17, 15) is 19.5 Å². The number of carbonyl (C=O) groups is 3. The van der Waals surface area contributed by atoms with Gasteiger partial charge in [0, 0.05) is 12.8 Å². The molecule has 71 heavy (non-hydrogen) atoms. The lowest BCUT2D eigenvalue weighted by molar-refractivity contribution is -0.870. The lowest BCUT2D eigenvalue weighted by Crippen LogP contribution is -2.40. The van der Waals surface area contributed by atoms with Crippen LogP contribution in [0.5, 0.6) is 0 Å². The van der Waals surface area contributed by atoms with Crippen molar-refractivity contribution in [2.45, 2.75) is 270 Å². The number of carboxylic acid groups (broad SMARTS) is 1. The molecule has 0 aliphatic carbocycles. The predicted molar refractivity (Wildman–Crippen MR) is 300 cm³/mol. The van der Waals surface area contributed by atoms with E-state index in [-0.39, 0.29) is 32.2 Å². The van der Waals surface area contributed by atoms with E-state index in [4.69, 9.17) is 18.9 Å². The minimum atomic E-state index is -1.51. The van der Waals surface area contributed by atoms with Gasteiger partial charge in [0.1, 0.15) is 13.2 Å². The largest absolute Gasteiger partial charge is 0.477 e. The van der Waals surface area contributed by atoms with Gasteiger partial charge in [-0.2, -0.15) is 0 Å². The Morgan fingerprint density at radius 3 is 1.21 bits per heavy atom. The zero-order chi connectivity index (χ0) is 52.0. The standard InChI is InChI=1S/C62H111NO8/c1-6-8-10-12-14-16-18-20-21-22-23-24-25-26-27-28-29-30-31-32-33-34-35-36-37-38-39-41-43-45-47-49-51-53-60(65)71-58(57-70-62(61(66)67)68-55-54-63(3,4)5)56-69-59(64)52-50-48-46-44-42-40-19-17-15-13-11-9-7-2/h8,10,14,16-17,19-21,23-24,58,62H,6-7,9,11-13,15,18,22,25-57H2,1-5H3/p+1/b10-8-,16-14-,19-17-,21-20-,24-23-. The van der Waals surface area contributed by atoms with Crippen molar-refractivity contribution in [1.82, 2.24) is 0 Å². The second kappa shape index (κ2) is 53.3. The number of esters is 2. The van der Waals surface area contributed by atoms with Crippen molar-refractivity contribution in [3.05, 3.63) is 60.8 Å². The molecule has 412 valence electrons. The summed E-state index contributed by atoms with van der Waals surface area (Å²) in [5.74, 6) is -2.01. The minimum absolute atomic E-state index is 0.184. The number of aliphatic carboxylic acids is 1. The number of rotatable bonds is 54. The summed E-state index contributed by atoms with van der Waals surface area (Å²) in [5.41, 5.74) is 0. The Bertz CT molecular complexity index is 1350. The molecule has 0 aliphatic heterocycles. The van der Waals surface area contributed by atoms with Gasteiger partial charge in [-0.3, -0.25) is 9.59 Å². The Kier molecular flexibility index (Phi) is 51.0. The van der Waals surface area contributed by atoms with Gasteiger partial charge in [-0.1, -0.05) is 229 Å². The maximum absolute atomic E-state index is 12.9. The van der Waals surface area contributed by atoms with Crippen molar-refractivity contribution in [1.29, 1.82) is 0 Å². The molecule has 0 saturated carbocycles. The molecule has 0 fully saturated rings. The summed E-state index contributed by atoms with van der Waals surface area (Å²) >= 11 is 0. The Morgan fingerprint density at radius 2 is 0.803 bits per heavy atom. The maximum atomic E-state index is 12.9. The average Bonchev–Trinajstić information content (AvgIpc) is 3.34. The van der Waals surface area contributed by atoms with Crippen LogP contribution in [0, 0.1) is 0 Å². The van der Waals surface area contributed by atoms with E-state index in [1.165, 1.54) is 148 Å². The molecule has 0 saturated heterocycles. The maximum Gasteiger partial charge on any atom is 0.361 e. The number of carboxylic acids is 1. The number of carbonyl (C=O) groups excluding carboxylic acids is 2. The molecule has 9 heteroatoms. The average molecular weight is 1000 g/mol. The molecule has 1 N–H and O–H groups in total. The monoisotopic (exact) mass is 999 g/mol. The summed E-state index contributed by atoms with van der Waals surface area (Å²) < 4.78 is 22.8. The highest BCUT2D eigenvalue weighted by atomic mass is 16.7. The van der Waals surface area contributed by atoms with Gasteiger partial charge in [-0.05, 0) is 77.0 Å². The van der Waals surface area contributed by atoms with E-state index in [0.29, 0.717) is 17.4 Å². The van der Waals surface area contributed by atoms with Gasteiger partial charge >= 0.3 is 17.9 Å². The highest BCUT2D eigenvalue weighted by molar-refractivity contribution is 5.71. The molecule has 0 rings (SSSR count). The van der Waals surface area contributed by atoms with Gasteiger partial charge in [0.25, 0.3) is 6.29 Å². The van der Waals surface area contributed by atoms with E-state index in [1.54, 1.807) is 0 Å². The second-order valence-electron chi connectivity index (χ2n) is 20.9. The highest BCUT2D eigenvalue weighted by Crippen LogP contribution is 2.17. The molecule has 0 bridgehead atoms. The molecule has 0 aliphatic rings. The Balaban J connectivity index is 4.06. The summed E-state index contributed by atoms with van der Waals surface area (Å²) in [4.78, 5) is 37.3. The summed E-state index contributed by atoms with van der Waals surface area (Å²) in [6.45, 7) is 4.76. The van der Waals surface area contributed by atoms with Gasteiger partial charge in [0.15, 0.2) is 6.10 Å². The van der Waals surface area contributed by atoms with E-state index >= 15 is 0 Å². The van der Waals surface area contributed by atoms with Crippen LogP contribution in [0.3, 0.4) is 0 Å². The van der Waals surface area contributed by atoms with Crippen molar-refractivity contribution >= 4 is 17.9 Å². The first-order valence-corrected chi connectivity index (χ1v) is 29.5. The molecule has 0 spiro atoms. The summed E-state index contributed by atoms with van der Waals surface area (Å²) in [6, 6.07) is 0. The van der Waals surface area contributed by atoms with Gasteiger partial charge in [0.05, 0.1) is 34.4 Å². The number of nitrogens with zero attached hydrogens (tertiary/aromatic N) is 1. The Morgan fingerprint density at radius 1 is 0.437 bits per heavy atom. The van der Waals surface area contributed by atoms with Crippen LogP contribution in [0.4, 0.5) is 0 Å². The van der Waals surface area contributed by atoms with Crippen molar-refractivity contribution in [3.8, 4) is 0 Å². The van der Waals surface area contributed by atoms with Crippen LogP contribution in [0.1, 0.15) is 258 Å². The molecule has 0 radical (unpaired) electrons. The third kappa shape index (κ3) is 54.6. The molecule has 0 heterocycles. The topological polar surface area (TPSA) is 108 Å². The molecule has 2 unspecified atom stereocenters. The van der Waals surface area contributed by atoms with Gasteiger partial charge < -0.3 is 28.5 Å². The summed E-state index contributed by atoms with van der Waals surface area (Å²) in [7, 11) is 5.97. The summed E-state index contributed by atoms with van der Waals surface area (Å²) in [6.07, 6.45) is 64.6. The smallest absolute Gasteiger partial charge is 0.361 e. The van der Waals surface area contributed by atoms with Gasteiger partial charge in [-0.25, -0.2) is 4.79 Å². The lowest BCUT2D eigenvalue weighted by atomic mass is 10.0. The number of quaternary nitrogens is 1. The molecular weight excluding hydrogens is 887 g/mol. The van der Waals surface area contributed by atoms with Gasteiger partial charge in [0.2, 0.25) is 0 Å². The quantitative estimate of drug-likeness (QED) is 0.0211. The SMILES string of the molecule is CC/C=C\C/C=C\C/C=C\C/C=C\CCCCCCCCCCCCCCCCCCCCCCC(=O)OC(COC(=O)CCCCCCC/C=C\CCCCCC)COC(OCC[N+](C)(C)C)C(=O)O. The predicted octanol–water partition coefficient (Wildman–Crippen LogP) is 17.2. The number of allylic oxidation sites excluding steroid dienone is 10. The van der Waals surface area contributed by atoms with Crippen LogP contribution in [0.25, 0.3) is 0 Å². The first kappa shape index (κ1) is 68.0. The number of hydrogen-bond acceptors (Lipinski definition) is 7. The third-order valence-corrected chi connectivity index (χ3v) is 12.8. The molecule has 0 aromatic carbocycles. The molecule has 2 atom stereocenters. The van der Waals surface area contributed by atoms with Crippen molar-refractivity contribution in [2.24, 2.45) is 0 Å².